The van der Waals surface area contributed by atoms with Crippen molar-refractivity contribution >= 4 is 18.7 Å². The lowest BCUT2D eigenvalue weighted by atomic mass is 10.3. The lowest BCUT2D eigenvalue weighted by Gasteiger charge is -2.09. The standard InChI is InChI=1S/C5H9N5O2S/c1-2(7-5(11)12)3-8-9-4(13)10(3)6/h2,7H,6H2,1H3,(H,9,13)(H,11,12). The van der Waals surface area contributed by atoms with E-state index < -0.39 is 12.1 Å². The third-order valence-electron chi connectivity index (χ3n) is 1.43. The molecule has 0 aliphatic heterocycles. The van der Waals surface area contributed by atoms with Crippen LogP contribution in [0.15, 0.2) is 5.16 Å². The maximum atomic E-state index is 10.3. The van der Waals surface area contributed by atoms with Gasteiger partial charge in [0.1, 0.15) is 0 Å². The van der Waals surface area contributed by atoms with Gasteiger partial charge in [-0.25, -0.2) is 9.47 Å². The lowest BCUT2D eigenvalue weighted by Crippen LogP contribution is -2.28. The summed E-state index contributed by atoms with van der Waals surface area (Å²) in [5.41, 5.74) is 0. The van der Waals surface area contributed by atoms with Gasteiger partial charge < -0.3 is 16.3 Å². The Balaban J connectivity index is 2.82. The number of hydrogen-bond acceptors (Lipinski definition) is 5. The van der Waals surface area contributed by atoms with E-state index in [0.29, 0.717) is 5.82 Å². The fourth-order valence-electron chi connectivity index (χ4n) is 0.840. The highest BCUT2D eigenvalue weighted by Gasteiger charge is 2.15. The number of nitrogen functional groups attached to an aromatic ring is 1. The second-order valence-corrected chi connectivity index (χ2v) is 2.80. The molecule has 4 N–H and O–H groups in total. The second-order valence-electron chi connectivity index (χ2n) is 2.40. The maximum Gasteiger partial charge on any atom is 0.405 e. The minimum atomic E-state index is -1.14. The van der Waals surface area contributed by atoms with E-state index in [4.69, 9.17) is 10.9 Å². The summed E-state index contributed by atoms with van der Waals surface area (Å²) in [6.07, 6.45) is -1.14. The SMILES string of the molecule is CC(NC(=O)O)c1nnc(S)n1N. The Morgan fingerprint density at radius 2 is 2.38 bits per heavy atom. The molecule has 0 aliphatic carbocycles. The zero-order valence-corrected chi connectivity index (χ0v) is 7.69. The van der Waals surface area contributed by atoms with Crippen LogP contribution in [0.5, 0.6) is 0 Å². The number of aromatic nitrogens is 3. The van der Waals surface area contributed by atoms with Crippen molar-refractivity contribution in [1.82, 2.24) is 20.2 Å². The summed E-state index contributed by atoms with van der Waals surface area (Å²) >= 11 is 3.89. The monoisotopic (exact) mass is 203 g/mol. The molecule has 7 nitrogen and oxygen atoms in total. The summed E-state index contributed by atoms with van der Waals surface area (Å²) < 4.78 is 1.11. The van der Waals surface area contributed by atoms with Gasteiger partial charge in [-0.15, -0.1) is 22.8 Å². The number of thiol groups is 1. The molecular weight excluding hydrogens is 194 g/mol. The van der Waals surface area contributed by atoms with E-state index in [1.165, 1.54) is 0 Å². The first-order valence-corrected chi connectivity index (χ1v) is 3.86. The summed E-state index contributed by atoms with van der Waals surface area (Å²) in [6, 6.07) is -0.518. The van der Waals surface area contributed by atoms with Gasteiger partial charge in [0.2, 0.25) is 5.16 Å². The van der Waals surface area contributed by atoms with Crippen LogP contribution in [0.2, 0.25) is 0 Å². The zero-order chi connectivity index (χ0) is 10.0. The van der Waals surface area contributed by atoms with Crippen LogP contribution in [0.25, 0.3) is 0 Å². The first-order valence-electron chi connectivity index (χ1n) is 3.41. The molecule has 1 aromatic rings. The minimum absolute atomic E-state index is 0.231. The van der Waals surface area contributed by atoms with E-state index in [2.05, 4.69) is 28.1 Å². The molecule has 72 valence electrons. The average Bonchev–Trinajstić information content (AvgIpc) is 2.31. The van der Waals surface area contributed by atoms with E-state index in [0.717, 1.165) is 4.68 Å². The van der Waals surface area contributed by atoms with Gasteiger partial charge >= 0.3 is 6.09 Å². The molecule has 0 saturated heterocycles. The first-order chi connectivity index (χ1) is 6.02. The van der Waals surface area contributed by atoms with Crippen LogP contribution in [0.4, 0.5) is 4.79 Å². The van der Waals surface area contributed by atoms with Crippen molar-refractivity contribution in [2.45, 2.75) is 18.1 Å². The molecule has 0 spiro atoms. The van der Waals surface area contributed by atoms with Crippen molar-refractivity contribution in [3.63, 3.8) is 0 Å². The molecule has 0 saturated carbocycles. The van der Waals surface area contributed by atoms with Gasteiger partial charge in [-0.1, -0.05) is 0 Å². The molecule has 0 aromatic carbocycles. The van der Waals surface area contributed by atoms with Crippen molar-refractivity contribution in [3.8, 4) is 0 Å². The number of nitrogens with one attached hydrogen (secondary N) is 1. The topological polar surface area (TPSA) is 106 Å². The number of amides is 1. The molecule has 1 rings (SSSR count). The van der Waals surface area contributed by atoms with E-state index in [1.807, 2.05) is 0 Å². The number of carbonyl (C=O) groups is 1. The van der Waals surface area contributed by atoms with Crippen LogP contribution in [-0.2, 0) is 0 Å². The zero-order valence-electron chi connectivity index (χ0n) is 6.80. The highest BCUT2D eigenvalue weighted by molar-refractivity contribution is 7.80. The third kappa shape index (κ3) is 2.02. The smallest absolute Gasteiger partial charge is 0.405 e. The fraction of sp³-hybridized carbons (Fsp3) is 0.400. The molecule has 8 heteroatoms. The normalized spacial score (nSPS) is 12.5. The van der Waals surface area contributed by atoms with Crippen LogP contribution >= 0.6 is 12.6 Å². The van der Waals surface area contributed by atoms with Gasteiger partial charge in [-0.3, -0.25) is 0 Å². The van der Waals surface area contributed by atoms with Crippen LogP contribution in [0.3, 0.4) is 0 Å². The number of nitrogens with two attached hydrogens (primary N) is 1. The highest BCUT2D eigenvalue weighted by atomic mass is 32.1. The molecular formula is C5H9N5O2S. The van der Waals surface area contributed by atoms with Crippen LogP contribution in [-0.4, -0.2) is 26.1 Å². The van der Waals surface area contributed by atoms with Gasteiger partial charge in [-0.05, 0) is 6.92 Å². The Kier molecular flexibility index (Phi) is 2.61. The molecule has 0 bridgehead atoms. The quantitative estimate of drug-likeness (QED) is 0.387. The molecule has 1 heterocycles. The second kappa shape index (κ2) is 3.52. The molecule has 1 aromatic heterocycles. The number of nitrogens with zero attached hydrogens (tertiary/aromatic N) is 3. The number of carboxylic acid groups (broad SMARTS) is 1. The Morgan fingerprint density at radius 3 is 2.77 bits per heavy atom. The number of hydrogen-bond donors (Lipinski definition) is 4. The van der Waals surface area contributed by atoms with Crippen molar-refractivity contribution in [3.05, 3.63) is 5.82 Å². The van der Waals surface area contributed by atoms with E-state index >= 15 is 0 Å². The third-order valence-corrected chi connectivity index (χ3v) is 1.74. The molecule has 0 fully saturated rings. The number of rotatable bonds is 2. The van der Waals surface area contributed by atoms with E-state index in [9.17, 15) is 4.79 Å². The van der Waals surface area contributed by atoms with Gasteiger partial charge in [-0.2, -0.15) is 0 Å². The molecule has 13 heavy (non-hydrogen) atoms. The highest BCUT2D eigenvalue weighted by Crippen LogP contribution is 2.09. The van der Waals surface area contributed by atoms with Crippen LogP contribution in [0, 0.1) is 0 Å². The van der Waals surface area contributed by atoms with Crippen molar-refractivity contribution in [2.24, 2.45) is 0 Å². The molecule has 1 unspecified atom stereocenters. The lowest BCUT2D eigenvalue weighted by molar-refractivity contribution is 0.190. The largest absolute Gasteiger partial charge is 0.465 e. The summed E-state index contributed by atoms with van der Waals surface area (Å²) in [6.45, 7) is 1.61. The predicted molar refractivity (Wildman–Crippen MR) is 47.0 cm³/mol. The van der Waals surface area contributed by atoms with Crippen LogP contribution < -0.4 is 11.2 Å². The molecule has 0 aliphatic rings. The van der Waals surface area contributed by atoms with Crippen molar-refractivity contribution in [2.75, 3.05) is 5.84 Å². The van der Waals surface area contributed by atoms with Gasteiger partial charge in [0.25, 0.3) is 0 Å². The van der Waals surface area contributed by atoms with Crippen molar-refractivity contribution < 1.29 is 9.90 Å². The predicted octanol–water partition coefficient (Wildman–Crippen LogP) is -0.391. The average molecular weight is 203 g/mol. The molecule has 0 radical (unpaired) electrons. The van der Waals surface area contributed by atoms with E-state index in [-0.39, 0.29) is 5.16 Å². The summed E-state index contributed by atoms with van der Waals surface area (Å²) in [7, 11) is 0. The minimum Gasteiger partial charge on any atom is -0.465 e. The first kappa shape index (κ1) is 9.65. The Bertz CT molecular complexity index is 325. The Labute approximate surface area is 79.3 Å². The Morgan fingerprint density at radius 1 is 1.77 bits per heavy atom. The molecule has 1 atom stereocenters. The van der Waals surface area contributed by atoms with Gasteiger partial charge in [0.05, 0.1) is 6.04 Å². The maximum absolute atomic E-state index is 10.3. The summed E-state index contributed by atoms with van der Waals surface area (Å²) in [5, 5.41) is 18.1. The summed E-state index contributed by atoms with van der Waals surface area (Å²) in [4.78, 5) is 10.3. The van der Waals surface area contributed by atoms with Crippen LogP contribution in [0.1, 0.15) is 18.8 Å². The summed E-state index contributed by atoms with van der Waals surface area (Å²) in [5.74, 6) is 5.77. The Hall–Kier alpha value is -1.44. The van der Waals surface area contributed by atoms with E-state index in [1.54, 1.807) is 6.92 Å². The van der Waals surface area contributed by atoms with Crippen molar-refractivity contribution in [1.29, 1.82) is 0 Å². The van der Waals surface area contributed by atoms with Gasteiger partial charge in [0, 0.05) is 0 Å². The van der Waals surface area contributed by atoms with Gasteiger partial charge in [0.15, 0.2) is 5.82 Å². The molecule has 1 amide bonds. The fourth-order valence-corrected chi connectivity index (χ4v) is 0.987.